The van der Waals surface area contributed by atoms with Crippen molar-refractivity contribution in [1.29, 1.82) is 0 Å². The summed E-state index contributed by atoms with van der Waals surface area (Å²) in [5.41, 5.74) is -0.119. The summed E-state index contributed by atoms with van der Waals surface area (Å²) < 4.78 is 5.38. The number of halogens is 1. The molecule has 2 saturated heterocycles. The van der Waals surface area contributed by atoms with E-state index < -0.39 is 4.92 Å². The fourth-order valence-corrected chi connectivity index (χ4v) is 3.13. The van der Waals surface area contributed by atoms with Gasteiger partial charge in [0.15, 0.2) is 12.4 Å². The molecule has 1 aromatic rings. The predicted molar refractivity (Wildman–Crippen MR) is 87.0 cm³/mol. The van der Waals surface area contributed by atoms with E-state index in [0.717, 1.165) is 12.8 Å². The number of hydrogen-bond acceptors (Lipinski definition) is 5. The van der Waals surface area contributed by atoms with Crippen LogP contribution in [-0.2, 0) is 4.79 Å². The summed E-state index contributed by atoms with van der Waals surface area (Å²) in [6.45, 7) is 1.24. The molecule has 1 amide bonds. The van der Waals surface area contributed by atoms with Crippen LogP contribution in [0.5, 0.6) is 5.75 Å². The summed E-state index contributed by atoms with van der Waals surface area (Å²) >= 11 is 0. The summed E-state index contributed by atoms with van der Waals surface area (Å²) in [5, 5.41) is 14.4. The number of para-hydroxylation sites is 2. The van der Waals surface area contributed by atoms with Crippen LogP contribution in [0.2, 0.25) is 0 Å². The highest BCUT2D eigenvalue weighted by Gasteiger charge is 2.31. The van der Waals surface area contributed by atoms with Gasteiger partial charge in [-0.15, -0.1) is 12.4 Å². The van der Waals surface area contributed by atoms with Crippen LogP contribution in [0.1, 0.15) is 19.3 Å². The van der Waals surface area contributed by atoms with Gasteiger partial charge in [0.05, 0.1) is 4.92 Å². The Balaban J connectivity index is 0.00000192. The quantitative estimate of drug-likeness (QED) is 0.666. The van der Waals surface area contributed by atoms with E-state index in [1.54, 1.807) is 17.0 Å². The zero-order valence-corrected chi connectivity index (χ0v) is 13.5. The monoisotopic (exact) mass is 341 g/mol. The summed E-state index contributed by atoms with van der Waals surface area (Å²) in [7, 11) is 0. The third kappa shape index (κ3) is 4.11. The molecule has 2 atom stereocenters. The zero-order chi connectivity index (χ0) is 15.5. The smallest absolute Gasteiger partial charge is 0.310 e. The average Bonchev–Trinajstić information content (AvgIpc) is 2.84. The second-order valence-corrected chi connectivity index (χ2v) is 5.78. The number of fused-ring (bicyclic) bond motifs is 2. The van der Waals surface area contributed by atoms with Gasteiger partial charge in [-0.1, -0.05) is 12.1 Å². The number of likely N-dealkylation sites (tertiary alicyclic amines) is 1. The summed E-state index contributed by atoms with van der Waals surface area (Å²) in [6, 6.07) is 6.99. The molecule has 3 rings (SSSR count). The molecule has 126 valence electrons. The van der Waals surface area contributed by atoms with Crippen molar-refractivity contribution < 1.29 is 14.5 Å². The van der Waals surface area contributed by atoms with Crippen molar-refractivity contribution in [2.45, 2.75) is 31.3 Å². The number of ether oxygens (including phenoxy) is 1. The first-order chi connectivity index (χ1) is 10.6. The minimum atomic E-state index is -0.505. The van der Waals surface area contributed by atoms with Crippen LogP contribution in [0.3, 0.4) is 0 Å². The molecule has 1 aromatic carbocycles. The Hall–Kier alpha value is -1.86. The standard InChI is InChI=1S/C15H19N3O4.ClH/c19-15(17-8-7-11-5-6-12(9-17)16-11)10-22-14-4-2-1-3-13(14)18(20)21;/h1-4,11-12,16H,5-10H2;1H. The van der Waals surface area contributed by atoms with Crippen molar-refractivity contribution >= 4 is 24.0 Å². The molecule has 7 nitrogen and oxygen atoms in total. The maximum Gasteiger partial charge on any atom is 0.310 e. The highest BCUT2D eigenvalue weighted by molar-refractivity contribution is 5.85. The molecule has 23 heavy (non-hydrogen) atoms. The number of hydrogen-bond donors (Lipinski definition) is 1. The molecule has 1 N–H and O–H groups in total. The highest BCUT2D eigenvalue weighted by atomic mass is 35.5. The number of rotatable bonds is 4. The zero-order valence-electron chi connectivity index (χ0n) is 12.6. The minimum Gasteiger partial charge on any atom is -0.477 e. The first kappa shape index (κ1) is 17.5. The fourth-order valence-electron chi connectivity index (χ4n) is 3.13. The molecule has 0 saturated carbocycles. The SMILES string of the molecule is Cl.O=C(COc1ccccc1[N+](=O)[O-])N1CCC2CCC(C1)N2. The second kappa shape index (κ2) is 7.61. The van der Waals surface area contributed by atoms with E-state index in [-0.39, 0.29) is 36.4 Å². The average molecular weight is 342 g/mol. The van der Waals surface area contributed by atoms with E-state index in [0.29, 0.717) is 25.2 Å². The second-order valence-electron chi connectivity index (χ2n) is 5.78. The van der Waals surface area contributed by atoms with Gasteiger partial charge in [0.2, 0.25) is 0 Å². The molecule has 2 bridgehead atoms. The Bertz CT molecular complexity index is 584. The lowest BCUT2D eigenvalue weighted by atomic mass is 10.1. The van der Waals surface area contributed by atoms with Gasteiger partial charge in [0.25, 0.3) is 5.91 Å². The van der Waals surface area contributed by atoms with Crippen molar-refractivity contribution in [3.63, 3.8) is 0 Å². The maximum atomic E-state index is 12.3. The molecule has 2 fully saturated rings. The predicted octanol–water partition coefficient (Wildman–Crippen LogP) is 1.75. The lowest BCUT2D eigenvalue weighted by Crippen LogP contribution is -2.41. The summed E-state index contributed by atoms with van der Waals surface area (Å²) in [5.74, 6) is 0.0165. The fraction of sp³-hybridized carbons (Fsp3) is 0.533. The molecular weight excluding hydrogens is 322 g/mol. The Morgan fingerprint density at radius 3 is 2.83 bits per heavy atom. The molecule has 0 spiro atoms. The number of nitrogens with one attached hydrogen (secondary N) is 1. The Kier molecular flexibility index (Phi) is 5.79. The van der Waals surface area contributed by atoms with Gasteiger partial charge in [-0.05, 0) is 25.3 Å². The first-order valence-electron chi connectivity index (χ1n) is 7.53. The van der Waals surface area contributed by atoms with E-state index in [1.165, 1.54) is 18.6 Å². The van der Waals surface area contributed by atoms with Crippen LogP contribution in [0, 0.1) is 10.1 Å². The largest absolute Gasteiger partial charge is 0.477 e. The summed E-state index contributed by atoms with van der Waals surface area (Å²) in [4.78, 5) is 24.5. The van der Waals surface area contributed by atoms with Gasteiger partial charge < -0.3 is 15.0 Å². The number of nitrogens with zero attached hydrogens (tertiary/aromatic N) is 2. The molecule has 8 heteroatoms. The van der Waals surface area contributed by atoms with Crippen LogP contribution in [0.25, 0.3) is 0 Å². The van der Waals surface area contributed by atoms with E-state index in [9.17, 15) is 14.9 Å². The number of carbonyl (C=O) groups excluding carboxylic acids is 1. The number of carbonyl (C=O) groups is 1. The highest BCUT2D eigenvalue weighted by Crippen LogP contribution is 2.26. The third-order valence-electron chi connectivity index (χ3n) is 4.29. The van der Waals surface area contributed by atoms with Crippen LogP contribution in [-0.4, -0.2) is 47.5 Å². The van der Waals surface area contributed by atoms with Crippen LogP contribution in [0.15, 0.2) is 24.3 Å². The number of amides is 1. The number of nitro groups is 1. The van der Waals surface area contributed by atoms with Crippen LogP contribution < -0.4 is 10.1 Å². The van der Waals surface area contributed by atoms with Crippen molar-refractivity contribution in [2.24, 2.45) is 0 Å². The van der Waals surface area contributed by atoms with E-state index in [1.807, 2.05) is 0 Å². The molecule has 2 unspecified atom stereocenters. The van der Waals surface area contributed by atoms with Crippen LogP contribution in [0.4, 0.5) is 5.69 Å². The summed E-state index contributed by atoms with van der Waals surface area (Å²) in [6.07, 6.45) is 3.23. The third-order valence-corrected chi connectivity index (χ3v) is 4.29. The van der Waals surface area contributed by atoms with Gasteiger partial charge in [-0.2, -0.15) is 0 Å². The Labute approximate surface area is 140 Å². The maximum absolute atomic E-state index is 12.3. The molecular formula is C15H20ClN3O4. The Morgan fingerprint density at radius 1 is 1.30 bits per heavy atom. The molecule has 2 aliphatic heterocycles. The van der Waals surface area contributed by atoms with E-state index in [4.69, 9.17) is 4.74 Å². The van der Waals surface area contributed by atoms with Crippen molar-refractivity contribution in [2.75, 3.05) is 19.7 Å². The Morgan fingerprint density at radius 2 is 2.04 bits per heavy atom. The normalized spacial score (nSPS) is 22.9. The minimum absolute atomic E-state index is 0. The topological polar surface area (TPSA) is 84.7 Å². The van der Waals surface area contributed by atoms with Gasteiger partial charge >= 0.3 is 5.69 Å². The van der Waals surface area contributed by atoms with Crippen LogP contribution >= 0.6 is 12.4 Å². The molecule has 2 aliphatic rings. The lowest BCUT2D eigenvalue weighted by Gasteiger charge is -2.24. The van der Waals surface area contributed by atoms with Crippen molar-refractivity contribution in [1.82, 2.24) is 10.2 Å². The van der Waals surface area contributed by atoms with Gasteiger partial charge in [-0.25, -0.2) is 0 Å². The molecule has 2 heterocycles. The molecule has 0 radical (unpaired) electrons. The first-order valence-corrected chi connectivity index (χ1v) is 7.53. The van der Waals surface area contributed by atoms with Crippen molar-refractivity contribution in [3.05, 3.63) is 34.4 Å². The van der Waals surface area contributed by atoms with E-state index >= 15 is 0 Å². The van der Waals surface area contributed by atoms with Crippen molar-refractivity contribution in [3.8, 4) is 5.75 Å². The van der Waals surface area contributed by atoms with E-state index in [2.05, 4.69) is 5.32 Å². The van der Waals surface area contributed by atoms with Gasteiger partial charge in [0.1, 0.15) is 0 Å². The van der Waals surface area contributed by atoms with Gasteiger partial charge in [0, 0.05) is 31.2 Å². The molecule has 0 aliphatic carbocycles. The van der Waals surface area contributed by atoms with Gasteiger partial charge in [-0.3, -0.25) is 14.9 Å². The number of benzene rings is 1. The molecule has 0 aromatic heterocycles. The lowest BCUT2D eigenvalue weighted by molar-refractivity contribution is -0.385. The number of nitro benzene ring substituents is 1.